The number of aryl methyl sites for hydroxylation is 1. The maximum atomic E-state index is 5.35. The van der Waals surface area contributed by atoms with Gasteiger partial charge in [0.15, 0.2) is 17.5 Å². The highest BCUT2D eigenvalue weighted by Gasteiger charge is 2.32. The summed E-state index contributed by atoms with van der Waals surface area (Å²) in [4.78, 5) is 20.8. The van der Waals surface area contributed by atoms with Gasteiger partial charge in [0, 0.05) is 48.4 Å². The number of para-hydroxylation sites is 1. The third kappa shape index (κ3) is 6.49. The zero-order chi connectivity index (χ0) is 42.0. The van der Waals surface area contributed by atoms with Gasteiger partial charge < -0.3 is 0 Å². The number of nitrogens with zero attached hydrogens (tertiary/aromatic N) is 4. The Hall–Kier alpha value is -7.38. The van der Waals surface area contributed by atoms with Gasteiger partial charge in [-0.1, -0.05) is 164 Å². The van der Waals surface area contributed by atoms with Crippen molar-refractivity contribution in [3.63, 3.8) is 0 Å². The number of hydrogen-bond acceptors (Lipinski definition) is 6. The fourth-order valence-corrected chi connectivity index (χ4v) is 11.5. The molecule has 0 aliphatic heterocycles. The summed E-state index contributed by atoms with van der Waals surface area (Å²) in [5, 5.41) is 3.53. The molecule has 0 bridgehead atoms. The van der Waals surface area contributed by atoms with Crippen LogP contribution in [0.25, 0.3) is 91.6 Å². The van der Waals surface area contributed by atoms with Crippen molar-refractivity contribution in [2.45, 2.75) is 19.3 Å². The molecular formula is C57H38N4S2. The van der Waals surface area contributed by atoms with E-state index in [9.17, 15) is 0 Å². The fraction of sp³-hybridized carbons (Fsp3) is 0.0526. The lowest BCUT2D eigenvalue weighted by Gasteiger charge is -2.32. The van der Waals surface area contributed by atoms with E-state index < -0.39 is 0 Å². The van der Waals surface area contributed by atoms with E-state index in [0.717, 1.165) is 55.9 Å². The molecule has 1 aliphatic rings. The molecule has 0 fully saturated rings. The summed E-state index contributed by atoms with van der Waals surface area (Å²) < 4.78 is 3.66. The molecule has 1 atom stereocenters. The molecular weight excluding hydrogens is 805 g/mol. The molecule has 0 saturated heterocycles. The normalized spacial score (nSPS) is 13.3. The van der Waals surface area contributed by atoms with Gasteiger partial charge >= 0.3 is 0 Å². The number of benzene rings is 8. The molecule has 11 aromatic rings. The second-order valence-electron chi connectivity index (χ2n) is 16.2. The maximum absolute atomic E-state index is 5.35. The largest absolute Gasteiger partial charge is 0.236 e. The van der Waals surface area contributed by atoms with Crippen LogP contribution in [0.1, 0.15) is 39.6 Å². The Morgan fingerprint density at radius 1 is 0.508 bits per heavy atom. The van der Waals surface area contributed by atoms with Gasteiger partial charge in [-0.25, -0.2) is 19.9 Å². The molecule has 298 valence electrons. The fourth-order valence-electron chi connectivity index (χ4n) is 9.40. The van der Waals surface area contributed by atoms with Crippen molar-refractivity contribution in [3.05, 3.63) is 222 Å². The molecule has 0 saturated carbocycles. The standard InChI is InChI=1S/C57H38N4S2/c1-34-14-6-8-18-41(34)45-30-31-46-42-19-9-7-17-39(42)32-47(36-24-26-38(27-25-36)57-58-48-21-11-13-23-50(48)63-57)53(46)52(45)35(2)54-59-55(37-15-4-3-5-16-37)61-56(60-54)40-28-29-44-43-20-10-12-22-49(43)62-51(44)33-40/h3-31,33,47H,2,32H2,1H3. The van der Waals surface area contributed by atoms with Crippen molar-refractivity contribution in [2.75, 3.05) is 0 Å². The van der Waals surface area contributed by atoms with Crippen LogP contribution in [0.2, 0.25) is 0 Å². The van der Waals surface area contributed by atoms with E-state index in [1.165, 1.54) is 58.3 Å². The van der Waals surface area contributed by atoms with E-state index in [1.807, 2.05) is 18.2 Å². The molecule has 3 aromatic heterocycles. The van der Waals surface area contributed by atoms with Crippen LogP contribution in [0.15, 0.2) is 189 Å². The van der Waals surface area contributed by atoms with E-state index in [0.29, 0.717) is 17.5 Å². The van der Waals surface area contributed by atoms with Crippen molar-refractivity contribution >= 4 is 58.6 Å². The number of aromatic nitrogens is 4. The molecule has 3 heterocycles. The van der Waals surface area contributed by atoms with Crippen LogP contribution in [0.4, 0.5) is 0 Å². The molecule has 4 nitrogen and oxygen atoms in total. The summed E-state index contributed by atoms with van der Waals surface area (Å²) >= 11 is 3.53. The Morgan fingerprint density at radius 3 is 2.00 bits per heavy atom. The van der Waals surface area contributed by atoms with Crippen LogP contribution in [0.3, 0.4) is 0 Å². The molecule has 0 N–H and O–H groups in total. The lowest BCUT2D eigenvalue weighted by Crippen LogP contribution is -2.16. The predicted octanol–water partition coefficient (Wildman–Crippen LogP) is 15.2. The first kappa shape index (κ1) is 37.4. The molecule has 0 spiro atoms. The minimum absolute atomic E-state index is 0.0281. The Morgan fingerprint density at radius 2 is 1.17 bits per heavy atom. The molecule has 0 amide bonds. The summed E-state index contributed by atoms with van der Waals surface area (Å²) in [6.07, 6.45) is 0.841. The highest BCUT2D eigenvalue weighted by Crippen LogP contribution is 2.50. The van der Waals surface area contributed by atoms with Gasteiger partial charge in [0.2, 0.25) is 0 Å². The maximum Gasteiger partial charge on any atom is 0.164 e. The molecule has 1 unspecified atom stereocenters. The van der Waals surface area contributed by atoms with E-state index in [1.54, 1.807) is 22.7 Å². The number of thiophene rings is 1. The predicted molar refractivity (Wildman–Crippen MR) is 264 cm³/mol. The Labute approximate surface area is 373 Å². The van der Waals surface area contributed by atoms with E-state index >= 15 is 0 Å². The van der Waals surface area contributed by atoms with E-state index in [-0.39, 0.29) is 5.92 Å². The topological polar surface area (TPSA) is 51.6 Å². The van der Waals surface area contributed by atoms with E-state index in [4.69, 9.17) is 26.5 Å². The van der Waals surface area contributed by atoms with Crippen LogP contribution < -0.4 is 0 Å². The van der Waals surface area contributed by atoms with Crippen molar-refractivity contribution in [2.24, 2.45) is 0 Å². The summed E-state index contributed by atoms with van der Waals surface area (Å²) in [6.45, 7) is 7.16. The molecule has 63 heavy (non-hydrogen) atoms. The van der Waals surface area contributed by atoms with Gasteiger partial charge in [-0.2, -0.15) is 0 Å². The number of hydrogen-bond donors (Lipinski definition) is 0. The first-order valence-electron chi connectivity index (χ1n) is 21.2. The molecule has 12 rings (SSSR count). The monoisotopic (exact) mass is 842 g/mol. The zero-order valence-electron chi connectivity index (χ0n) is 34.4. The van der Waals surface area contributed by atoms with Crippen molar-refractivity contribution in [1.29, 1.82) is 0 Å². The first-order valence-corrected chi connectivity index (χ1v) is 22.9. The highest BCUT2D eigenvalue weighted by molar-refractivity contribution is 7.25. The van der Waals surface area contributed by atoms with Crippen LogP contribution in [-0.4, -0.2) is 19.9 Å². The average Bonchev–Trinajstić information content (AvgIpc) is 3.95. The van der Waals surface area contributed by atoms with Gasteiger partial charge in [-0.05, 0) is 87.7 Å². The summed E-state index contributed by atoms with van der Waals surface area (Å²) in [5.41, 5.74) is 15.6. The lowest BCUT2D eigenvalue weighted by atomic mass is 9.71. The summed E-state index contributed by atoms with van der Waals surface area (Å²) in [6, 6.07) is 64.9. The number of rotatable bonds is 7. The highest BCUT2D eigenvalue weighted by atomic mass is 32.1. The minimum atomic E-state index is 0.0281. The van der Waals surface area contributed by atoms with Crippen molar-refractivity contribution in [1.82, 2.24) is 19.9 Å². The average molecular weight is 843 g/mol. The van der Waals surface area contributed by atoms with Crippen LogP contribution in [-0.2, 0) is 6.42 Å². The summed E-state index contributed by atoms with van der Waals surface area (Å²) in [7, 11) is 0. The third-order valence-electron chi connectivity index (χ3n) is 12.5. The van der Waals surface area contributed by atoms with Gasteiger partial charge in [-0.15, -0.1) is 22.7 Å². The Bertz CT molecular complexity index is 3550. The first-order chi connectivity index (χ1) is 31.0. The molecule has 0 radical (unpaired) electrons. The van der Waals surface area contributed by atoms with E-state index in [2.05, 4.69) is 171 Å². The zero-order valence-corrected chi connectivity index (χ0v) is 36.1. The van der Waals surface area contributed by atoms with Crippen LogP contribution in [0.5, 0.6) is 0 Å². The molecule has 6 heteroatoms. The minimum Gasteiger partial charge on any atom is -0.236 e. The third-order valence-corrected chi connectivity index (χ3v) is 14.7. The van der Waals surface area contributed by atoms with Crippen molar-refractivity contribution < 1.29 is 0 Å². The lowest BCUT2D eigenvalue weighted by molar-refractivity contribution is 0.791. The number of fused-ring (bicyclic) bond motifs is 7. The van der Waals surface area contributed by atoms with Gasteiger partial charge in [0.1, 0.15) is 5.01 Å². The van der Waals surface area contributed by atoms with Gasteiger partial charge in [-0.3, -0.25) is 0 Å². The number of thiazole rings is 1. The van der Waals surface area contributed by atoms with Gasteiger partial charge in [0.25, 0.3) is 0 Å². The van der Waals surface area contributed by atoms with Gasteiger partial charge in [0.05, 0.1) is 10.2 Å². The van der Waals surface area contributed by atoms with Crippen molar-refractivity contribution in [3.8, 4) is 55.6 Å². The van der Waals surface area contributed by atoms with Crippen LogP contribution >= 0.6 is 22.7 Å². The quantitative estimate of drug-likeness (QED) is 0.160. The smallest absolute Gasteiger partial charge is 0.164 e. The second kappa shape index (κ2) is 15.2. The van der Waals surface area contributed by atoms with Crippen LogP contribution in [0, 0.1) is 6.92 Å². The second-order valence-corrected chi connectivity index (χ2v) is 18.4. The molecule has 1 aliphatic carbocycles. The Kier molecular flexibility index (Phi) is 9.02. The SMILES string of the molecule is C=C(c1nc(-c2ccccc2)nc(-c2ccc3c(c2)sc2ccccc23)n1)c1c(-c2ccccc2C)ccc2c1C(c1ccc(-c3nc4ccccc4s3)cc1)Cc1ccccc1-2. The molecule has 8 aromatic carbocycles. The summed E-state index contributed by atoms with van der Waals surface area (Å²) in [5.74, 6) is 1.82. The Balaban J connectivity index is 1.07.